The van der Waals surface area contributed by atoms with Gasteiger partial charge >= 0.3 is 5.97 Å². The molecule has 0 saturated heterocycles. The van der Waals surface area contributed by atoms with E-state index in [1.807, 2.05) is 0 Å². The van der Waals surface area contributed by atoms with Crippen molar-refractivity contribution in [3.05, 3.63) is 23.8 Å². The van der Waals surface area contributed by atoms with Gasteiger partial charge < -0.3 is 4.74 Å². The monoisotopic (exact) mass is 227 g/mol. The maximum Gasteiger partial charge on any atom is 0.307 e. The molecule has 1 atom stereocenters. The summed E-state index contributed by atoms with van der Waals surface area (Å²) in [6.45, 7) is 5.28. The van der Waals surface area contributed by atoms with Crippen molar-refractivity contribution >= 4 is 17.6 Å². The molecule has 0 radical (unpaired) electrons. The largest absolute Gasteiger partial charge is 0.469 e. The van der Waals surface area contributed by atoms with Gasteiger partial charge in [-0.05, 0) is 13.3 Å². The van der Waals surface area contributed by atoms with Crippen LogP contribution in [0.25, 0.3) is 0 Å². The van der Waals surface area contributed by atoms with Gasteiger partial charge in [0.2, 0.25) is 0 Å². The van der Waals surface area contributed by atoms with Crippen LogP contribution in [0.1, 0.15) is 19.8 Å². The fourth-order valence-electron chi connectivity index (χ4n) is 1.01. The highest BCUT2D eigenvalue weighted by Gasteiger charge is 2.29. The molecular weight excluding hydrogens is 214 g/mol. The minimum absolute atomic E-state index is 0.00975. The molecule has 0 rings (SSSR count). The molecule has 0 fully saturated rings. The maximum atomic E-state index is 11.1. The SMILES string of the molecule is C=CC(C#N)(C/C=C(\C)Cl)CC(=O)OC. The van der Waals surface area contributed by atoms with Crippen molar-refractivity contribution in [2.45, 2.75) is 19.8 Å². The predicted octanol–water partition coefficient (Wildman–Crippen LogP) is 2.78. The molecule has 0 aliphatic carbocycles. The summed E-state index contributed by atoms with van der Waals surface area (Å²) in [4.78, 5) is 11.1. The van der Waals surface area contributed by atoms with E-state index in [0.717, 1.165) is 0 Å². The van der Waals surface area contributed by atoms with Gasteiger partial charge in [0, 0.05) is 5.03 Å². The van der Waals surface area contributed by atoms with Crippen molar-refractivity contribution in [3.8, 4) is 6.07 Å². The van der Waals surface area contributed by atoms with Crippen molar-refractivity contribution < 1.29 is 9.53 Å². The Labute approximate surface area is 95.0 Å². The summed E-state index contributed by atoms with van der Waals surface area (Å²) < 4.78 is 4.52. The number of halogens is 1. The van der Waals surface area contributed by atoms with Crippen LogP contribution in [0, 0.1) is 16.7 Å². The van der Waals surface area contributed by atoms with Crippen molar-refractivity contribution in [2.75, 3.05) is 7.11 Å². The molecule has 15 heavy (non-hydrogen) atoms. The number of allylic oxidation sites excluding steroid dienone is 3. The summed E-state index contributed by atoms with van der Waals surface area (Å²) in [7, 11) is 1.29. The third-order valence-electron chi connectivity index (χ3n) is 2.05. The van der Waals surface area contributed by atoms with Crippen LogP contribution < -0.4 is 0 Å². The van der Waals surface area contributed by atoms with Crippen molar-refractivity contribution in [1.82, 2.24) is 0 Å². The summed E-state index contributed by atoms with van der Waals surface area (Å²) in [5, 5.41) is 9.62. The van der Waals surface area contributed by atoms with E-state index in [2.05, 4.69) is 17.4 Å². The van der Waals surface area contributed by atoms with E-state index in [1.165, 1.54) is 13.2 Å². The fraction of sp³-hybridized carbons (Fsp3) is 0.455. The molecular formula is C11H14ClNO2. The zero-order valence-electron chi connectivity index (χ0n) is 8.92. The quantitative estimate of drug-likeness (QED) is 0.536. The van der Waals surface area contributed by atoms with E-state index in [1.54, 1.807) is 13.0 Å². The van der Waals surface area contributed by atoms with Crippen molar-refractivity contribution in [3.63, 3.8) is 0 Å². The van der Waals surface area contributed by atoms with E-state index >= 15 is 0 Å². The predicted molar refractivity (Wildman–Crippen MR) is 59.1 cm³/mol. The summed E-state index contributed by atoms with van der Waals surface area (Å²) in [6.07, 6.45) is 3.50. The van der Waals surface area contributed by atoms with E-state index in [-0.39, 0.29) is 6.42 Å². The smallest absolute Gasteiger partial charge is 0.307 e. The molecule has 0 aliphatic heterocycles. The normalized spacial score (nSPS) is 14.9. The van der Waals surface area contributed by atoms with Crippen LogP contribution in [0.3, 0.4) is 0 Å². The Kier molecular flexibility index (Phi) is 5.73. The minimum Gasteiger partial charge on any atom is -0.469 e. The van der Waals surface area contributed by atoms with Gasteiger partial charge in [0.05, 0.1) is 25.0 Å². The van der Waals surface area contributed by atoms with Crippen LogP contribution in [0.15, 0.2) is 23.8 Å². The zero-order chi connectivity index (χ0) is 11.9. The second kappa shape index (κ2) is 6.26. The Morgan fingerprint density at radius 2 is 2.33 bits per heavy atom. The Morgan fingerprint density at radius 3 is 2.67 bits per heavy atom. The number of carbonyl (C=O) groups is 1. The molecule has 0 heterocycles. The second-order valence-corrected chi connectivity index (χ2v) is 3.82. The third kappa shape index (κ3) is 4.66. The average Bonchev–Trinajstić information content (AvgIpc) is 2.24. The van der Waals surface area contributed by atoms with Crippen molar-refractivity contribution in [2.24, 2.45) is 5.41 Å². The van der Waals surface area contributed by atoms with Gasteiger partial charge in [-0.2, -0.15) is 5.26 Å². The molecule has 0 aliphatic rings. The molecule has 82 valence electrons. The van der Waals surface area contributed by atoms with Crippen LogP contribution >= 0.6 is 11.6 Å². The first-order valence-corrected chi connectivity index (χ1v) is 4.81. The summed E-state index contributed by atoms with van der Waals surface area (Å²) in [6, 6.07) is 2.06. The number of esters is 1. The van der Waals surface area contributed by atoms with Crippen LogP contribution in [0.4, 0.5) is 0 Å². The topological polar surface area (TPSA) is 50.1 Å². The molecule has 0 aromatic carbocycles. The summed E-state index contributed by atoms with van der Waals surface area (Å²) >= 11 is 5.67. The van der Waals surface area contributed by atoms with Gasteiger partial charge in [0.15, 0.2) is 0 Å². The molecule has 0 saturated carbocycles. The average molecular weight is 228 g/mol. The fourth-order valence-corrected chi connectivity index (χ4v) is 1.09. The molecule has 3 nitrogen and oxygen atoms in total. The lowest BCUT2D eigenvalue weighted by molar-refractivity contribution is -0.142. The Balaban J connectivity index is 4.75. The molecule has 0 amide bonds. The van der Waals surface area contributed by atoms with Gasteiger partial charge in [-0.3, -0.25) is 4.79 Å². The van der Waals surface area contributed by atoms with E-state index in [0.29, 0.717) is 11.5 Å². The lowest BCUT2D eigenvalue weighted by atomic mass is 9.83. The first-order valence-electron chi connectivity index (χ1n) is 4.43. The number of ether oxygens (including phenoxy) is 1. The lowest BCUT2D eigenvalue weighted by Crippen LogP contribution is -2.20. The molecule has 0 bridgehead atoms. The number of carbonyl (C=O) groups excluding carboxylic acids is 1. The van der Waals surface area contributed by atoms with Crippen molar-refractivity contribution in [1.29, 1.82) is 5.26 Å². The number of hydrogen-bond donors (Lipinski definition) is 0. The highest BCUT2D eigenvalue weighted by molar-refractivity contribution is 6.29. The number of methoxy groups -OCH3 is 1. The van der Waals surface area contributed by atoms with E-state index in [4.69, 9.17) is 16.9 Å². The highest BCUT2D eigenvalue weighted by atomic mass is 35.5. The lowest BCUT2D eigenvalue weighted by Gasteiger charge is -2.19. The molecule has 1 unspecified atom stereocenters. The van der Waals surface area contributed by atoms with Crippen LogP contribution in [-0.2, 0) is 9.53 Å². The molecule has 0 spiro atoms. The number of nitriles is 1. The Morgan fingerprint density at radius 1 is 1.73 bits per heavy atom. The van der Waals surface area contributed by atoms with Gasteiger partial charge in [-0.25, -0.2) is 0 Å². The first-order chi connectivity index (χ1) is 6.99. The molecule has 4 heteroatoms. The van der Waals surface area contributed by atoms with Gasteiger partial charge in [-0.1, -0.05) is 23.8 Å². The molecule has 0 aromatic heterocycles. The number of rotatable bonds is 5. The summed E-state index contributed by atoms with van der Waals surface area (Å²) in [5.74, 6) is -0.433. The van der Waals surface area contributed by atoms with Crippen LogP contribution in [-0.4, -0.2) is 13.1 Å². The van der Waals surface area contributed by atoms with Gasteiger partial charge in [-0.15, -0.1) is 6.58 Å². The third-order valence-corrected chi connectivity index (χ3v) is 2.20. The molecule has 0 N–H and O–H groups in total. The second-order valence-electron chi connectivity index (χ2n) is 3.22. The first kappa shape index (κ1) is 13.7. The zero-order valence-corrected chi connectivity index (χ0v) is 9.67. The standard InChI is InChI=1S/C11H14ClNO2/c1-4-11(8-13,6-5-9(2)12)7-10(14)15-3/h4-5H,1,6-7H2,2-3H3/b9-5+. The maximum absolute atomic E-state index is 11.1. The van der Waals surface area contributed by atoms with E-state index in [9.17, 15) is 4.79 Å². The van der Waals surface area contributed by atoms with Crippen LogP contribution in [0.2, 0.25) is 0 Å². The highest BCUT2D eigenvalue weighted by Crippen LogP contribution is 2.29. The summed E-state index contributed by atoms with van der Waals surface area (Å²) in [5.41, 5.74) is -0.927. The minimum atomic E-state index is -0.927. The Hall–Kier alpha value is -1.27. The van der Waals surface area contributed by atoms with Gasteiger partial charge in [0.25, 0.3) is 0 Å². The van der Waals surface area contributed by atoms with E-state index < -0.39 is 11.4 Å². The van der Waals surface area contributed by atoms with Gasteiger partial charge in [0.1, 0.15) is 0 Å². The Bertz CT molecular complexity index is 313. The van der Waals surface area contributed by atoms with Crippen LogP contribution in [0.5, 0.6) is 0 Å². The molecule has 0 aromatic rings. The number of nitrogens with zero attached hydrogens (tertiary/aromatic N) is 1. The number of hydrogen-bond acceptors (Lipinski definition) is 3.